The molecule has 3 rings (SSSR count). The maximum atomic E-state index is 12.4. The lowest BCUT2D eigenvalue weighted by atomic mass is 10.3. The Kier molecular flexibility index (Phi) is 7.77. The predicted octanol–water partition coefficient (Wildman–Crippen LogP) is 4.09. The van der Waals surface area contributed by atoms with Gasteiger partial charge in [0, 0.05) is 7.05 Å². The van der Waals surface area contributed by atoms with E-state index in [0.717, 1.165) is 0 Å². The lowest BCUT2D eigenvalue weighted by molar-refractivity contribution is -0.113. The molecule has 0 aliphatic heterocycles. The van der Waals surface area contributed by atoms with E-state index >= 15 is 0 Å². The molecule has 1 unspecified atom stereocenters. The van der Waals surface area contributed by atoms with Crippen molar-refractivity contribution in [2.45, 2.75) is 25.1 Å². The summed E-state index contributed by atoms with van der Waals surface area (Å²) in [7, 11) is 3.45. The van der Waals surface area contributed by atoms with Crippen LogP contribution in [0, 0.1) is 0 Å². The largest absolute Gasteiger partial charge is 0.493 e. The van der Waals surface area contributed by atoms with Crippen LogP contribution in [0.2, 0.25) is 0 Å². The Hall–Kier alpha value is -3.20. The van der Waals surface area contributed by atoms with Crippen LogP contribution in [0.3, 0.4) is 0 Å². The third-order valence-corrected chi connectivity index (χ3v) is 5.42. The molecule has 1 heterocycles. The second-order valence-electron chi connectivity index (χ2n) is 6.58. The summed E-state index contributed by atoms with van der Waals surface area (Å²) >= 11 is 1.30. The van der Waals surface area contributed by atoms with Crippen LogP contribution in [-0.2, 0) is 11.8 Å². The number of thioether (sulfide) groups is 1. The van der Waals surface area contributed by atoms with Crippen molar-refractivity contribution >= 4 is 23.4 Å². The van der Waals surface area contributed by atoms with Gasteiger partial charge in [-0.2, -0.15) is 0 Å². The third-order valence-electron chi connectivity index (χ3n) is 4.40. The van der Waals surface area contributed by atoms with Crippen LogP contribution < -0.4 is 19.5 Å². The number of aromatic nitrogens is 3. The van der Waals surface area contributed by atoms with Crippen molar-refractivity contribution in [2.24, 2.45) is 7.05 Å². The number of hydrogen-bond donors (Lipinski definition) is 1. The summed E-state index contributed by atoms with van der Waals surface area (Å²) < 4.78 is 18.7. The summed E-state index contributed by atoms with van der Waals surface area (Å²) in [5.41, 5.74) is 0.646. The highest BCUT2D eigenvalue weighted by atomic mass is 32.2. The Labute approximate surface area is 185 Å². The Morgan fingerprint density at radius 3 is 2.48 bits per heavy atom. The van der Waals surface area contributed by atoms with Crippen LogP contribution in [0.25, 0.3) is 0 Å². The number of ether oxygens (including phenoxy) is 3. The minimum absolute atomic E-state index is 0.153. The number of anilines is 1. The molecule has 0 saturated carbocycles. The van der Waals surface area contributed by atoms with Crippen molar-refractivity contribution in [3.63, 3.8) is 0 Å². The van der Waals surface area contributed by atoms with Crippen LogP contribution in [0.1, 0.15) is 25.8 Å². The number of para-hydroxylation sites is 4. The minimum Gasteiger partial charge on any atom is -0.493 e. The molecular formula is C22H26N4O4S. The number of nitrogens with one attached hydrogen (secondary N) is 1. The van der Waals surface area contributed by atoms with Gasteiger partial charge in [0.15, 0.2) is 28.6 Å². The fraction of sp³-hybridized carbons (Fsp3) is 0.318. The molecule has 8 nitrogen and oxygen atoms in total. The molecule has 31 heavy (non-hydrogen) atoms. The van der Waals surface area contributed by atoms with Crippen molar-refractivity contribution < 1.29 is 19.0 Å². The minimum atomic E-state index is -0.352. The number of methoxy groups -OCH3 is 1. The monoisotopic (exact) mass is 442 g/mol. The highest BCUT2D eigenvalue weighted by molar-refractivity contribution is 7.99. The van der Waals surface area contributed by atoms with E-state index < -0.39 is 0 Å². The SMILES string of the molecule is CCOc1ccccc1NC(=O)CSc1nnc(C(C)Oc2ccccc2OC)n1C. The number of rotatable bonds is 10. The van der Waals surface area contributed by atoms with E-state index in [4.69, 9.17) is 14.2 Å². The first-order valence-electron chi connectivity index (χ1n) is 9.86. The smallest absolute Gasteiger partial charge is 0.234 e. The molecule has 0 aliphatic rings. The number of carbonyl (C=O) groups excluding carboxylic acids is 1. The Morgan fingerprint density at radius 2 is 1.77 bits per heavy atom. The van der Waals surface area contributed by atoms with Crippen molar-refractivity contribution in [2.75, 3.05) is 24.8 Å². The van der Waals surface area contributed by atoms with Crippen LogP contribution in [0.15, 0.2) is 53.7 Å². The second-order valence-corrected chi connectivity index (χ2v) is 7.52. The average Bonchev–Trinajstić information content (AvgIpc) is 3.14. The van der Waals surface area contributed by atoms with Crippen LogP contribution in [0.5, 0.6) is 17.2 Å². The van der Waals surface area contributed by atoms with Gasteiger partial charge in [-0.05, 0) is 38.1 Å². The van der Waals surface area contributed by atoms with Gasteiger partial charge in [-0.3, -0.25) is 4.79 Å². The molecule has 0 radical (unpaired) electrons. The van der Waals surface area contributed by atoms with E-state index in [-0.39, 0.29) is 17.8 Å². The number of nitrogens with zero attached hydrogens (tertiary/aromatic N) is 3. The Morgan fingerprint density at radius 1 is 1.10 bits per heavy atom. The molecule has 9 heteroatoms. The number of carbonyl (C=O) groups is 1. The number of hydrogen-bond acceptors (Lipinski definition) is 7. The fourth-order valence-corrected chi connectivity index (χ4v) is 3.65. The van der Waals surface area contributed by atoms with Crippen LogP contribution >= 0.6 is 11.8 Å². The molecule has 164 valence electrons. The van der Waals surface area contributed by atoms with Gasteiger partial charge >= 0.3 is 0 Å². The lowest BCUT2D eigenvalue weighted by Gasteiger charge is -2.16. The molecule has 0 saturated heterocycles. The molecule has 0 spiro atoms. The maximum Gasteiger partial charge on any atom is 0.234 e. The molecule has 1 aromatic heterocycles. The zero-order valence-electron chi connectivity index (χ0n) is 18.0. The van der Waals surface area contributed by atoms with E-state index in [1.54, 1.807) is 7.11 Å². The molecule has 0 bridgehead atoms. The third kappa shape index (κ3) is 5.69. The zero-order valence-corrected chi connectivity index (χ0v) is 18.8. The fourth-order valence-electron chi connectivity index (χ4n) is 2.93. The molecule has 1 atom stereocenters. The molecular weight excluding hydrogens is 416 g/mol. The summed E-state index contributed by atoms with van der Waals surface area (Å²) in [5, 5.41) is 12.0. The average molecular weight is 443 g/mol. The van der Waals surface area contributed by atoms with E-state index in [0.29, 0.717) is 40.5 Å². The number of amides is 1. The van der Waals surface area contributed by atoms with Crippen LogP contribution in [0.4, 0.5) is 5.69 Å². The number of benzene rings is 2. The Bertz CT molecular complexity index is 1020. The van der Waals surface area contributed by atoms with Gasteiger partial charge in [0.2, 0.25) is 5.91 Å². The van der Waals surface area contributed by atoms with Crippen molar-refractivity contribution in [1.82, 2.24) is 14.8 Å². The second kappa shape index (κ2) is 10.7. The molecule has 0 fully saturated rings. The highest BCUT2D eigenvalue weighted by Crippen LogP contribution is 2.31. The summed E-state index contributed by atoms with van der Waals surface area (Å²) in [5.74, 6) is 2.60. The summed E-state index contributed by atoms with van der Waals surface area (Å²) in [6.07, 6.45) is -0.352. The van der Waals surface area contributed by atoms with Gasteiger partial charge in [0.05, 0.1) is 25.2 Å². The normalized spacial score (nSPS) is 11.6. The van der Waals surface area contributed by atoms with Crippen molar-refractivity contribution in [1.29, 1.82) is 0 Å². The summed E-state index contributed by atoms with van der Waals surface area (Å²) in [4.78, 5) is 12.4. The lowest BCUT2D eigenvalue weighted by Crippen LogP contribution is -2.15. The molecule has 3 aromatic rings. The molecule has 0 aliphatic carbocycles. The Balaban J connectivity index is 1.61. The van der Waals surface area contributed by atoms with Gasteiger partial charge in [-0.15, -0.1) is 10.2 Å². The van der Waals surface area contributed by atoms with Gasteiger partial charge < -0.3 is 24.1 Å². The van der Waals surface area contributed by atoms with Crippen molar-refractivity contribution in [3.8, 4) is 17.2 Å². The highest BCUT2D eigenvalue weighted by Gasteiger charge is 2.19. The molecule has 1 amide bonds. The van der Waals surface area contributed by atoms with Gasteiger partial charge in [-0.25, -0.2) is 0 Å². The molecule has 2 aromatic carbocycles. The predicted molar refractivity (Wildman–Crippen MR) is 120 cm³/mol. The van der Waals surface area contributed by atoms with Gasteiger partial charge in [0.1, 0.15) is 5.75 Å². The van der Waals surface area contributed by atoms with Gasteiger partial charge in [0.25, 0.3) is 0 Å². The first-order valence-corrected chi connectivity index (χ1v) is 10.9. The molecule has 1 N–H and O–H groups in total. The first-order chi connectivity index (χ1) is 15.0. The topological polar surface area (TPSA) is 87.5 Å². The first kappa shape index (κ1) is 22.5. The van der Waals surface area contributed by atoms with Crippen molar-refractivity contribution in [3.05, 3.63) is 54.4 Å². The standard InChI is InChI=1S/C22H26N4O4S/c1-5-29-17-11-7-6-10-16(17)23-20(27)14-31-22-25-24-21(26(22)3)15(2)30-19-13-9-8-12-18(19)28-4/h6-13,15H,5,14H2,1-4H3,(H,23,27). The van der Waals surface area contributed by atoms with E-state index in [2.05, 4.69) is 15.5 Å². The summed E-state index contributed by atoms with van der Waals surface area (Å²) in [6.45, 7) is 4.32. The van der Waals surface area contributed by atoms with E-state index in [1.807, 2.05) is 74.0 Å². The zero-order chi connectivity index (χ0) is 22.2. The summed E-state index contributed by atoms with van der Waals surface area (Å²) in [6, 6.07) is 14.8. The van der Waals surface area contributed by atoms with Crippen LogP contribution in [-0.4, -0.2) is 40.1 Å². The maximum absolute atomic E-state index is 12.4. The van der Waals surface area contributed by atoms with E-state index in [1.165, 1.54) is 11.8 Å². The van der Waals surface area contributed by atoms with E-state index in [9.17, 15) is 4.79 Å². The van der Waals surface area contributed by atoms with Gasteiger partial charge in [-0.1, -0.05) is 36.0 Å². The quantitative estimate of drug-likeness (QED) is 0.473.